The zero-order valence-electron chi connectivity index (χ0n) is 11.2. The normalized spacial score (nSPS) is 10.9. The van der Waals surface area contributed by atoms with Gasteiger partial charge < -0.3 is 0 Å². The Morgan fingerprint density at radius 1 is 0.810 bits per heavy atom. The van der Waals surface area contributed by atoms with Crippen LogP contribution >= 0.6 is 0 Å². The summed E-state index contributed by atoms with van der Waals surface area (Å²) in [6.07, 6.45) is 5.44. The SMILES string of the molecule is c1ccc(-c2cnnn2-c2cccc3cnccc23)cc1. The molecular weight excluding hydrogens is 260 g/mol. The molecule has 4 aromatic rings. The van der Waals surface area contributed by atoms with Gasteiger partial charge in [-0.25, -0.2) is 4.68 Å². The summed E-state index contributed by atoms with van der Waals surface area (Å²) in [6, 6.07) is 18.2. The summed E-state index contributed by atoms with van der Waals surface area (Å²) < 4.78 is 1.87. The third-order valence-corrected chi connectivity index (χ3v) is 3.50. The molecule has 0 amide bonds. The van der Waals surface area contributed by atoms with Gasteiger partial charge in [0.2, 0.25) is 0 Å². The fourth-order valence-electron chi connectivity index (χ4n) is 2.51. The van der Waals surface area contributed by atoms with Crippen LogP contribution < -0.4 is 0 Å². The van der Waals surface area contributed by atoms with Crippen LogP contribution in [0.3, 0.4) is 0 Å². The first kappa shape index (κ1) is 11.8. The van der Waals surface area contributed by atoms with E-state index in [-0.39, 0.29) is 0 Å². The van der Waals surface area contributed by atoms with E-state index in [2.05, 4.69) is 27.4 Å². The maximum absolute atomic E-state index is 4.26. The van der Waals surface area contributed by atoms with Gasteiger partial charge in [0.15, 0.2) is 0 Å². The van der Waals surface area contributed by atoms with Crippen molar-refractivity contribution in [3.63, 3.8) is 0 Å². The highest BCUT2D eigenvalue weighted by Gasteiger charge is 2.10. The first-order chi connectivity index (χ1) is 10.4. The van der Waals surface area contributed by atoms with Crippen LogP contribution in [0.25, 0.3) is 27.7 Å². The standard InChI is InChI=1S/C17H12N4/c1-2-5-13(6-3-1)17-12-19-20-21(17)16-8-4-7-14-11-18-10-9-15(14)16/h1-12H. The predicted octanol–water partition coefficient (Wildman–Crippen LogP) is 3.48. The molecule has 0 atom stereocenters. The van der Waals surface area contributed by atoms with E-state index >= 15 is 0 Å². The summed E-state index contributed by atoms with van der Waals surface area (Å²) in [4.78, 5) is 4.17. The van der Waals surface area contributed by atoms with Crippen molar-refractivity contribution in [2.75, 3.05) is 0 Å². The van der Waals surface area contributed by atoms with Gasteiger partial charge in [0.25, 0.3) is 0 Å². The Hall–Kier alpha value is -3.01. The molecule has 0 saturated heterocycles. The maximum atomic E-state index is 4.26. The molecule has 2 heterocycles. The molecule has 0 bridgehead atoms. The predicted molar refractivity (Wildman–Crippen MR) is 82.1 cm³/mol. The van der Waals surface area contributed by atoms with E-state index < -0.39 is 0 Å². The summed E-state index contributed by atoms with van der Waals surface area (Å²) in [5.74, 6) is 0. The van der Waals surface area contributed by atoms with Gasteiger partial charge in [0.05, 0.1) is 17.6 Å². The zero-order valence-corrected chi connectivity index (χ0v) is 11.2. The van der Waals surface area contributed by atoms with Gasteiger partial charge >= 0.3 is 0 Å². The molecule has 2 aromatic heterocycles. The number of rotatable bonds is 2. The second kappa shape index (κ2) is 4.83. The monoisotopic (exact) mass is 272 g/mol. The van der Waals surface area contributed by atoms with Gasteiger partial charge in [-0.3, -0.25) is 4.98 Å². The average molecular weight is 272 g/mol. The Labute approximate surface area is 121 Å². The summed E-state index contributed by atoms with van der Waals surface area (Å²) >= 11 is 0. The lowest BCUT2D eigenvalue weighted by Crippen LogP contribution is -2.00. The van der Waals surface area contributed by atoms with Crippen molar-refractivity contribution >= 4 is 10.8 Å². The topological polar surface area (TPSA) is 43.6 Å². The molecule has 4 rings (SSSR count). The molecule has 0 fully saturated rings. The molecule has 100 valence electrons. The van der Waals surface area contributed by atoms with Crippen molar-refractivity contribution in [2.45, 2.75) is 0 Å². The molecule has 2 aromatic carbocycles. The van der Waals surface area contributed by atoms with Crippen molar-refractivity contribution in [2.24, 2.45) is 0 Å². The quantitative estimate of drug-likeness (QED) is 0.561. The minimum absolute atomic E-state index is 0.972. The van der Waals surface area contributed by atoms with Crippen LogP contribution in [-0.4, -0.2) is 20.0 Å². The van der Waals surface area contributed by atoms with Crippen molar-refractivity contribution in [1.82, 2.24) is 20.0 Å². The van der Waals surface area contributed by atoms with Crippen LogP contribution in [0.1, 0.15) is 0 Å². The van der Waals surface area contributed by atoms with Crippen LogP contribution in [0.15, 0.2) is 73.2 Å². The Bertz CT molecular complexity index is 891. The lowest BCUT2D eigenvalue weighted by molar-refractivity contribution is 0.812. The first-order valence-corrected chi connectivity index (χ1v) is 6.73. The number of pyridine rings is 1. The molecule has 4 heteroatoms. The summed E-state index contributed by atoms with van der Waals surface area (Å²) in [7, 11) is 0. The highest BCUT2D eigenvalue weighted by Crippen LogP contribution is 2.26. The van der Waals surface area contributed by atoms with E-state index in [0.717, 1.165) is 27.7 Å². The van der Waals surface area contributed by atoms with Gasteiger partial charge in [0.1, 0.15) is 0 Å². The van der Waals surface area contributed by atoms with Crippen LogP contribution in [-0.2, 0) is 0 Å². The zero-order chi connectivity index (χ0) is 14.1. The van der Waals surface area contributed by atoms with E-state index in [4.69, 9.17) is 0 Å². The Kier molecular flexibility index (Phi) is 2.71. The Morgan fingerprint density at radius 3 is 2.62 bits per heavy atom. The third kappa shape index (κ3) is 1.97. The summed E-state index contributed by atoms with van der Waals surface area (Å²) in [5.41, 5.74) is 3.07. The Balaban J connectivity index is 1.97. The fourth-order valence-corrected chi connectivity index (χ4v) is 2.51. The molecule has 0 aliphatic rings. The second-order valence-electron chi connectivity index (χ2n) is 4.77. The van der Waals surface area contributed by atoms with Gasteiger partial charge in [-0.05, 0) is 12.1 Å². The van der Waals surface area contributed by atoms with Crippen molar-refractivity contribution < 1.29 is 0 Å². The first-order valence-electron chi connectivity index (χ1n) is 6.73. The second-order valence-corrected chi connectivity index (χ2v) is 4.77. The molecule has 0 aliphatic carbocycles. The smallest absolute Gasteiger partial charge is 0.0944 e. The highest BCUT2D eigenvalue weighted by molar-refractivity contribution is 5.89. The number of hydrogen-bond acceptors (Lipinski definition) is 3. The molecule has 0 N–H and O–H groups in total. The third-order valence-electron chi connectivity index (χ3n) is 3.50. The largest absolute Gasteiger partial charge is 0.264 e. The van der Waals surface area contributed by atoms with Gasteiger partial charge in [-0.2, -0.15) is 0 Å². The number of hydrogen-bond donors (Lipinski definition) is 0. The highest BCUT2D eigenvalue weighted by atomic mass is 15.4. The van der Waals surface area contributed by atoms with E-state index in [0.29, 0.717) is 0 Å². The van der Waals surface area contributed by atoms with Crippen molar-refractivity contribution in [3.05, 3.63) is 73.2 Å². The maximum Gasteiger partial charge on any atom is 0.0944 e. The minimum Gasteiger partial charge on any atom is -0.264 e. The van der Waals surface area contributed by atoms with E-state index in [9.17, 15) is 0 Å². The number of fused-ring (bicyclic) bond motifs is 1. The molecule has 21 heavy (non-hydrogen) atoms. The lowest BCUT2D eigenvalue weighted by Gasteiger charge is -2.09. The molecule has 0 aliphatic heterocycles. The summed E-state index contributed by atoms with van der Waals surface area (Å²) in [5, 5.41) is 10.5. The van der Waals surface area contributed by atoms with Gasteiger partial charge in [0, 0.05) is 28.7 Å². The van der Waals surface area contributed by atoms with E-state index in [1.807, 2.05) is 53.3 Å². The molecule has 0 spiro atoms. The number of benzene rings is 2. The number of aromatic nitrogens is 4. The van der Waals surface area contributed by atoms with Crippen LogP contribution in [0.2, 0.25) is 0 Å². The van der Waals surface area contributed by atoms with Gasteiger partial charge in [-0.15, -0.1) is 5.10 Å². The van der Waals surface area contributed by atoms with Crippen molar-refractivity contribution in [1.29, 1.82) is 0 Å². The molecule has 0 saturated carbocycles. The lowest BCUT2D eigenvalue weighted by atomic mass is 10.1. The van der Waals surface area contributed by atoms with Gasteiger partial charge in [-0.1, -0.05) is 47.7 Å². The summed E-state index contributed by atoms with van der Waals surface area (Å²) in [6.45, 7) is 0. The minimum atomic E-state index is 0.972. The van der Waals surface area contributed by atoms with E-state index in [1.54, 1.807) is 12.4 Å². The van der Waals surface area contributed by atoms with Crippen LogP contribution in [0, 0.1) is 0 Å². The van der Waals surface area contributed by atoms with Crippen molar-refractivity contribution in [3.8, 4) is 16.9 Å². The Morgan fingerprint density at radius 2 is 1.71 bits per heavy atom. The van der Waals surface area contributed by atoms with Crippen LogP contribution in [0.4, 0.5) is 0 Å². The molecule has 0 radical (unpaired) electrons. The van der Waals surface area contributed by atoms with E-state index in [1.165, 1.54) is 0 Å². The molecular formula is C17H12N4. The average Bonchev–Trinajstić information content (AvgIpc) is 3.04. The number of nitrogens with zero attached hydrogens (tertiary/aromatic N) is 4. The fraction of sp³-hybridized carbons (Fsp3) is 0. The molecule has 4 nitrogen and oxygen atoms in total. The van der Waals surface area contributed by atoms with Crippen LogP contribution in [0.5, 0.6) is 0 Å². The molecule has 0 unspecified atom stereocenters.